The van der Waals surface area contributed by atoms with E-state index in [1.165, 1.54) is 12.8 Å². The SMILES string of the molecule is CCCc1cc(NC2CCNCC2)nc(C)n1. The maximum Gasteiger partial charge on any atom is 0.130 e. The van der Waals surface area contributed by atoms with Gasteiger partial charge in [-0.25, -0.2) is 9.97 Å². The van der Waals surface area contributed by atoms with E-state index in [2.05, 4.69) is 33.6 Å². The van der Waals surface area contributed by atoms with Gasteiger partial charge in [-0.3, -0.25) is 0 Å². The van der Waals surface area contributed by atoms with E-state index in [-0.39, 0.29) is 0 Å². The number of rotatable bonds is 4. The van der Waals surface area contributed by atoms with Crippen molar-refractivity contribution in [2.45, 2.75) is 45.6 Å². The third-order valence-electron chi connectivity index (χ3n) is 3.09. The molecule has 1 saturated heterocycles. The Hall–Kier alpha value is -1.16. The number of hydrogen-bond donors (Lipinski definition) is 2. The van der Waals surface area contributed by atoms with Crippen LogP contribution in [0, 0.1) is 6.92 Å². The summed E-state index contributed by atoms with van der Waals surface area (Å²) in [4.78, 5) is 8.92. The third kappa shape index (κ3) is 3.66. The zero-order valence-electron chi connectivity index (χ0n) is 10.8. The Labute approximate surface area is 103 Å². The second-order valence-electron chi connectivity index (χ2n) is 4.71. The van der Waals surface area contributed by atoms with Gasteiger partial charge in [-0.1, -0.05) is 13.3 Å². The van der Waals surface area contributed by atoms with Crippen molar-refractivity contribution in [3.63, 3.8) is 0 Å². The standard InChI is InChI=1S/C13H22N4/c1-3-4-12-9-13(16-10(2)15-12)17-11-5-7-14-8-6-11/h9,11,14H,3-8H2,1-2H3,(H,15,16,17). The molecule has 94 valence electrons. The van der Waals surface area contributed by atoms with Crippen molar-refractivity contribution in [3.8, 4) is 0 Å². The Morgan fingerprint density at radius 3 is 2.82 bits per heavy atom. The predicted molar refractivity (Wildman–Crippen MR) is 70.3 cm³/mol. The second-order valence-corrected chi connectivity index (χ2v) is 4.71. The van der Waals surface area contributed by atoms with Gasteiger partial charge in [-0.15, -0.1) is 0 Å². The highest BCUT2D eigenvalue weighted by atomic mass is 15.1. The largest absolute Gasteiger partial charge is 0.367 e. The van der Waals surface area contributed by atoms with Crippen LogP contribution >= 0.6 is 0 Å². The topological polar surface area (TPSA) is 49.8 Å². The van der Waals surface area contributed by atoms with Gasteiger partial charge in [0.1, 0.15) is 11.6 Å². The van der Waals surface area contributed by atoms with Crippen LogP contribution in [0.15, 0.2) is 6.07 Å². The van der Waals surface area contributed by atoms with Gasteiger partial charge in [-0.05, 0) is 39.3 Å². The molecule has 4 nitrogen and oxygen atoms in total. The fraction of sp³-hybridized carbons (Fsp3) is 0.692. The van der Waals surface area contributed by atoms with Crippen LogP contribution in [-0.2, 0) is 6.42 Å². The first-order chi connectivity index (χ1) is 8.28. The Morgan fingerprint density at radius 1 is 1.35 bits per heavy atom. The molecule has 0 spiro atoms. The lowest BCUT2D eigenvalue weighted by Crippen LogP contribution is -2.35. The molecule has 0 radical (unpaired) electrons. The zero-order chi connectivity index (χ0) is 12.1. The molecular formula is C13H22N4. The van der Waals surface area contributed by atoms with Crippen LogP contribution in [0.25, 0.3) is 0 Å². The molecule has 0 bridgehead atoms. The molecule has 0 aromatic carbocycles. The van der Waals surface area contributed by atoms with E-state index in [4.69, 9.17) is 0 Å². The summed E-state index contributed by atoms with van der Waals surface area (Å²) < 4.78 is 0. The highest BCUT2D eigenvalue weighted by Gasteiger charge is 2.13. The highest BCUT2D eigenvalue weighted by Crippen LogP contribution is 2.13. The van der Waals surface area contributed by atoms with Crippen molar-refractivity contribution in [1.82, 2.24) is 15.3 Å². The van der Waals surface area contributed by atoms with Crippen molar-refractivity contribution in [2.75, 3.05) is 18.4 Å². The first-order valence-corrected chi connectivity index (χ1v) is 6.59. The van der Waals surface area contributed by atoms with Crippen LogP contribution in [0.2, 0.25) is 0 Å². The number of hydrogen-bond acceptors (Lipinski definition) is 4. The van der Waals surface area contributed by atoms with Crippen LogP contribution < -0.4 is 10.6 Å². The average molecular weight is 234 g/mol. The minimum atomic E-state index is 0.556. The van der Waals surface area contributed by atoms with Crippen LogP contribution in [0.4, 0.5) is 5.82 Å². The second kappa shape index (κ2) is 5.96. The number of piperidine rings is 1. The Bertz CT molecular complexity index is 358. The predicted octanol–water partition coefficient (Wildman–Crippen LogP) is 1.90. The van der Waals surface area contributed by atoms with Gasteiger partial charge in [-0.2, -0.15) is 0 Å². The molecule has 1 aliphatic heterocycles. The van der Waals surface area contributed by atoms with Crippen molar-refractivity contribution >= 4 is 5.82 Å². The van der Waals surface area contributed by atoms with Gasteiger partial charge in [0, 0.05) is 17.8 Å². The van der Waals surface area contributed by atoms with Crippen LogP contribution in [0.1, 0.15) is 37.7 Å². The summed E-state index contributed by atoms with van der Waals surface area (Å²) in [5.41, 5.74) is 1.15. The minimum Gasteiger partial charge on any atom is -0.367 e. The van der Waals surface area contributed by atoms with Crippen molar-refractivity contribution < 1.29 is 0 Å². The molecular weight excluding hydrogens is 212 g/mol. The van der Waals surface area contributed by atoms with Gasteiger partial charge in [0.15, 0.2) is 0 Å². The van der Waals surface area contributed by atoms with E-state index in [1.54, 1.807) is 0 Å². The lowest BCUT2D eigenvalue weighted by atomic mass is 10.1. The minimum absolute atomic E-state index is 0.556. The van der Waals surface area contributed by atoms with Crippen molar-refractivity contribution in [1.29, 1.82) is 0 Å². The number of nitrogens with one attached hydrogen (secondary N) is 2. The van der Waals surface area contributed by atoms with Crippen molar-refractivity contribution in [2.24, 2.45) is 0 Å². The van der Waals surface area contributed by atoms with E-state index < -0.39 is 0 Å². The van der Waals surface area contributed by atoms with Crippen LogP contribution in [0.5, 0.6) is 0 Å². The molecule has 0 atom stereocenters. The van der Waals surface area contributed by atoms with Gasteiger partial charge >= 0.3 is 0 Å². The maximum atomic E-state index is 4.47. The Morgan fingerprint density at radius 2 is 2.12 bits per heavy atom. The zero-order valence-corrected chi connectivity index (χ0v) is 10.8. The normalized spacial score (nSPS) is 17.1. The average Bonchev–Trinajstić information content (AvgIpc) is 2.30. The first-order valence-electron chi connectivity index (χ1n) is 6.59. The molecule has 2 heterocycles. The molecule has 0 aliphatic carbocycles. The Kier molecular flexibility index (Phi) is 4.31. The summed E-state index contributed by atoms with van der Waals surface area (Å²) in [5.74, 6) is 1.86. The monoisotopic (exact) mass is 234 g/mol. The van der Waals surface area contributed by atoms with Crippen LogP contribution in [0.3, 0.4) is 0 Å². The number of anilines is 1. The number of aromatic nitrogens is 2. The van der Waals surface area contributed by atoms with Crippen molar-refractivity contribution in [3.05, 3.63) is 17.6 Å². The van der Waals surface area contributed by atoms with E-state index in [0.29, 0.717) is 6.04 Å². The summed E-state index contributed by atoms with van der Waals surface area (Å²) >= 11 is 0. The molecule has 0 amide bonds. The quantitative estimate of drug-likeness (QED) is 0.835. The molecule has 17 heavy (non-hydrogen) atoms. The summed E-state index contributed by atoms with van der Waals surface area (Å²) in [6.07, 6.45) is 4.51. The molecule has 1 fully saturated rings. The lowest BCUT2D eigenvalue weighted by Gasteiger charge is -2.24. The van der Waals surface area contributed by atoms with Gasteiger partial charge in [0.2, 0.25) is 0 Å². The molecule has 1 aliphatic rings. The molecule has 4 heteroatoms. The Balaban J connectivity index is 2.03. The van der Waals surface area contributed by atoms with E-state index in [9.17, 15) is 0 Å². The van der Waals surface area contributed by atoms with E-state index >= 15 is 0 Å². The molecule has 0 saturated carbocycles. The summed E-state index contributed by atoms with van der Waals surface area (Å²) in [5, 5.41) is 6.90. The van der Waals surface area contributed by atoms with Gasteiger partial charge in [0.25, 0.3) is 0 Å². The first kappa shape index (κ1) is 12.3. The third-order valence-corrected chi connectivity index (χ3v) is 3.09. The fourth-order valence-corrected chi connectivity index (χ4v) is 2.26. The number of nitrogens with zero attached hydrogens (tertiary/aromatic N) is 2. The lowest BCUT2D eigenvalue weighted by molar-refractivity contribution is 0.478. The van der Waals surface area contributed by atoms with Gasteiger partial charge < -0.3 is 10.6 Å². The highest BCUT2D eigenvalue weighted by molar-refractivity contribution is 5.37. The summed E-state index contributed by atoms with van der Waals surface area (Å²) in [7, 11) is 0. The molecule has 1 aromatic heterocycles. The fourth-order valence-electron chi connectivity index (χ4n) is 2.26. The van der Waals surface area contributed by atoms with E-state index in [1.807, 2.05) is 6.92 Å². The van der Waals surface area contributed by atoms with Gasteiger partial charge in [0.05, 0.1) is 0 Å². The molecule has 0 unspecified atom stereocenters. The smallest absolute Gasteiger partial charge is 0.130 e. The number of aryl methyl sites for hydroxylation is 2. The molecule has 2 N–H and O–H groups in total. The van der Waals surface area contributed by atoms with Crippen LogP contribution in [-0.4, -0.2) is 29.1 Å². The summed E-state index contributed by atoms with van der Waals surface area (Å²) in [6.45, 7) is 6.34. The molecule has 1 aromatic rings. The maximum absolute atomic E-state index is 4.47. The summed E-state index contributed by atoms with van der Waals surface area (Å²) in [6, 6.07) is 2.65. The van der Waals surface area contributed by atoms with E-state index in [0.717, 1.165) is 43.3 Å². The molecule has 2 rings (SSSR count).